The van der Waals surface area contributed by atoms with Crippen LogP contribution in [-0.2, 0) is 0 Å². The van der Waals surface area contributed by atoms with E-state index in [1.165, 1.54) is 0 Å². The third-order valence-electron chi connectivity index (χ3n) is 2.40. The lowest BCUT2D eigenvalue weighted by Crippen LogP contribution is -2.44. The highest BCUT2D eigenvalue weighted by Crippen LogP contribution is 2.35. The molecule has 0 aromatic rings. The van der Waals surface area contributed by atoms with Gasteiger partial charge in [-0.1, -0.05) is 0 Å². The van der Waals surface area contributed by atoms with Crippen molar-refractivity contribution in [1.82, 2.24) is 5.32 Å². The van der Waals surface area contributed by atoms with Crippen molar-refractivity contribution in [1.29, 1.82) is 0 Å². The second-order valence-electron chi connectivity index (χ2n) is 3.83. The number of hydrogen-bond donors (Lipinski definition) is 1. The van der Waals surface area contributed by atoms with E-state index in [0.29, 0.717) is 13.0 Å². The highest BCUT2D eigenvalue weighted by molar-refractivity contribution is 4.93. The summed E-state index contributed by atoms with van der Waals surface area (Å²) in [6.45, 7) is 2.20. The topological polar surface area (TPSA) is 12.0 Å². The molecule has 13 heavy (non-hydrogen) atoms. The van der Waals surface area contributed by atoms with Crippen molar-refractivity contribution in [2.45, 2.75) is 44.1 Å². The molecule has 1 saturated heterocycles. The Morgan fingerprint density at radius 3 is 2.46 bits per heavy atom. The van der Waals surface area contributed by atoms with Crippen molar-refractivity contribution >= 4 is 0 Å². The van der Waals surface area contributed by atoms with Gasteiger partial charge in [-0.2, -0.15) is 0 Å². The zero-order valence-corrected chi connectivity index (χ0v) is 7.42. The Labute approximate surface area is 74.5 Å². The van der Waals surface area contributed by atoms with Crippen molar-refractivity contribution in [3.05, 3.63) is 0 Å². The van der Waals surface area contributed by atoms with Crippen LogP contribution < -0.4 is 5.32 Å². The fraction of sp³-hybridized carbons (Fsp3) is 1.00. The molecule has 0 aromatic heterocycles. The van der Waals surface area contributed by atoms with Crippen LogP contribution in [0, 0.1) is 0 Å². The molecular weight excluding hydrogens is 186 g/mol. The van der Waals surface area contributed by atoms with E-state index in [2.05, 4.69) is 5.32 Å². The van der Waals surface area contributed by atoms with Crippen molar-refractivity contribution < 1.29 is 17.6 Å². The first-order valence-corrected chi connectivity index (χ1v) is 4.27. The third-order valence-corrected chi connectivity index (χ3v) is 2.40. The first-order valence-electron chi connectivity index (χ1n) is 4.27. The quantitative estimate of drug-likeness (QED) is 0.688. The normalized spacial score (nSPS) is 30.0. The molecule has 1 fully saturated rings. The minimum absolute atomic E-state index is 0.537. The largest absolute Gasteiger partial charge is 0.311 e. The molecule has 1 unspecified atom stereocenters. The summed E-state index contributed by atoms with van der Waals surface area (Å²) in [5.41, 5.74) is -0.820. The summed E-state index contributed by atoms with van der Waals surface area (Å²) in [4.78, 5) is 0. The van der Waals surface area contributed by atoms with Gasteiger partial charge in [-0.05, 0) is 26.3 Å². The first kappa shape index (κ1) is 10.8. The van der Waals surface area contributed by atoms with Crippen LogP contribution in [0.5, 0.6) is 0 Å². The van der Waals surface area contributed by atoms with Crippen LogP contribution in [0.25, 0.3) is 0 Å². The summed E-state index contributed by atoms with van der Waals surface area (Å²) < 4.78 is 49.0. The lowest BCUT2D eigenvalue weighted by atomic mass is 9.92. The monoisotopic (exact) mass is 199 g/mol. The van der Waals surface area contributed by atoms with E-state index in [0.717, 1.165) is 6.42 Å². The molecule has 1 heterocycles. The molecule has 1 nitrogen and oxygen atoms in total. The number of rotatable bonds is 3. The molecule has 1 aliphatic rings. The fourth-order valence-electron chi connectivity index (χ4n) is 1.71. The Morgan fingerprint density at radius 2 is 2.08 bits per heavy atom. The Hall–Kier alpha value is -0.320. The number of alkyl halides is 4. The Balaban J connectivity index is 2.56. The van der Waals surface area contributed by atoms with Crippen molar-refractivity contribution in [3.63, 3.8) is 0 Å². The van der Waals surface area contributed by atoms with Gasteiger partial charge in [-0.15, -0.1) is 0 Å². The molecule has 1 atom stereocenters. The standard InChI is InChI=1S/C8H13F4N/c1-7(3-2-4-13-7)5-8(11,12)6(9)10/h6,13H,2-5H2,1H3. The number of hydrogen-bond acceptors (Lipinski definition) is 1. The fourth-order valence-corrected chi connectivity index (χ4v) is 1.71. The maximum atomic E-state index is 12.7. The Kier molecular flexibility index (Phi) is 2.85. The van der Waals surface area contributed by atoms with Gasteiger partial charge >= 0.3 is 12.3 Å². The molecule has 0 saturated carbocycles. The summed E-state index contributed by atoms with van der Waals surface area (Å²) in [5.74, 6) is -3.87. The van der Waals surface area contributed by atoms with Crippen molar-refractivity contribution in [2.24, 2.45) is 0 Å². The van der Waals surface area contributed by atoms with Crippen LogP contribution in [0.3, 0.4) is 0 Å². The Bertz CT molecular complexity index is 172. The zero-order valence-electron chi connectivity index (χ0n) is 7.42. The highest BCUT2D eigenvalue weighted by Gasteiger charge is 2.47. The van der Waals surface area contributed by atoms with Gasteiger partial charge in [0.15, 0.2) is 0 Å². The van der Waals surface area contributed by atoms with Crippen LogP contribution in [0.4, 0.5) is 17.6 Å². The molecule has 1 aliphatic heterocycles. The van der Waals surface area contributed by atoms with E-state index in [1.54, 1.807) is 6.92 Å². The minimum Gasteiger partial charge on any atom is -0.311 e. The van der Waals surface area contributed by atoms with Gasteiger partial charge in [-0.25, -0.2) is 17.6 Å². The predicted octanol–water partition coefficient (Wildman–Crippen LogP) is 2.42. The number of halogens is 4. The minimum atomic E-state index is -3.87. The number of nitrogens with one attached hydrogen (secondary N) is 1. The molecule has 0 aromatic carbocycles. The van der Waals surface area contributed by atoms with Gasteiger partial charge < -0.3 is 5.32 Å². The van der Waals surface area contributed by atoms with Crippen molar-refractivity contribution in [3.8, 4) is 0 Å². The molecule has 5 heteroatoms. The maximum Gasteiger partial charge on any atom is 0.309 e. The average Bonchev–Trinajstić information content (AvgIpc) is 2.34. The Morgan fingerprint density at radius 1 is 1.46 bits per heavy atom. The molecule has 0 radical (unpaired) electrons. The molecule has 1 rings (SSSR count). The van der Waals surface area contributed by atoms with E-state index in [9.17, 15) is 17.6 Å². The van der Waals surface area contributed by atoms with Crippen molar-refractivity contribution in [2.75, 3.05) is 6.54 Å². The molecule has 78 valence electrons. The molecular formula is C8H13F4N. The van der Waals surface area contributed by atoms with Gasteiger partial charge in [0.2, 0.25) is 0 Å². The second-order valence-corrected chi connectivity index (χ2v) is 3.83. The van der Waals surface area contributed by atoms with Crippen LogP contribution in [0.1, 0.15) is 26.2 Å². The van der Waals surface area contributed by atoms with E-state index < -0.39 is 24.3 Å². The van der Waals surface area contributed by atoms with Crippen LogP contribution in [-0.4, -0.2) is 24.4 Å². The van der Waals surface area contributed by atoms with Gasteiger partial charge in [0.25, 0.3) is 0 Å². The van der Waals surface area contributed by atoms with Crippen LogP contribution >= 0.6 is 0 Å². The molecule has 0 aliphatic carbocycles. The summed E-state index contributed by atoms with van der Waals surface area (Å²) in [7, 11) is 0. The first-order chi connectivity index (χ1) is 5.86. The average molecular weight is 199 g/mol. The summed E-state index contributed by atoms with van der Waals surface area (Å²) in [6.07, 6.45) is -3.03. The van der Waals surface area contributed by atoms with Crippen LogP contribution in [0.15, 0.2) is 0 Å². The van der Waals surface area contributed by atoms with E-state index in [-0.39, 0.29) is 0 Å². The highest BCUT2D eigenvalue weighted by atomic mass is 19.3. The smallest absolute Gasteiger partial charge is 0.309 e. The van der Waals surface area contributed by atoms with Gasteiger partial charge in [-0.3, -0.25) is 0 Å². The predicted molar refractivity (Wildman–Crippen MR) is 41.2 cm³/mol. The summed E-state index contributed by atoms with van der Waals surface area (Å²) >= 11 is 0. The molecule has 1 N–H and O–H groups in total. The van der Waals surface area contributed by atoms with E-state index in [4.69, 9.17) is 0 Å². The van der Waals surface area contributed by atoms with E-state index in [1.807, 2.05) is 0 Å². The summed E-state index contributed by atoms with van der Waals surface area (Å²) in [5, 5.41) is 2.83. The van der Waals surface area contributed by atoms with Crippen LogP contribution in [0.2, 0.25) is 0 Å². The summed E-state index contributed by atoms with van der Waals surface area (Å²) in [6, 6.07) is 0. The SMILES string of the molecule is CC1(CC(F)(F)C(F)F)CCCN1. The second kappa shape index (κ2) is 3.44. The molecule has 0 bridgehead atoms. The molecule has 0 spiro atoms. The van der Waals surface area contributed by atoms with Gasteiger partial charge in [0.05, 0.1) is 0 Å². The van der Waals surface area contributed by atoms with Gasteiger partial charge in [0.1, 0.15) is 0 Å². The van der Waals surface area contributed by atoms with Gasteiger partial charge in [0, 0.05) is 12.0 Å². The zero-order chi connectivity index (χ0) is 10.1. The lowest BCUT2D eigenvalue weighted by Gasteiger charge is -2.28. The van der Waals surface area contributed by atoms with E-state index >= 15 is 0 Å². The molecule has 0 amide bonds. The maximum absolute atomic E-state index is 12.7. The third kappa shape index (κ3) is 2.56. The lowest BCUT2D eigenvalue weighted by molar-refractivity contribution is -0.143.